The summed E-state index contributed by atoms with van der Waals surface area (Å²) in [6.45, 7) is 6.33. The number of carbonyl (C=O) groups is 3. The van der Waals surface area contributed by atoms with Gasteiger partial charge in [-0.1, -0.05) is 19.1 Å². The number of benzene rings is 2. The van der Waals surface area contributed by atoms with E-state index < -0.39 is 17.8 Å². The first kappa shape index (κ1) is 22.3. The van der Waals surface area contributed by atoms with Gasteiger partial charge in [0.05, 0.1) is 12.5 Å². The van der Waals surface area contributed by atoms with Gasteiger partial charge in [0.1, 0.15) is 5.75 Å². The molecule has 2 aromatic rings. The summed E-state index contributed by atoms with van der Waals surface area (Å²) in [4.78, 5) is 38.6. The minimum absolute atomic E-state index is 0.0610. The number of esters is 1. The summed E-state index contributed by atoms with van der Waals surface area (Å²) in [7, 11) is 0. The van der Waals surface area contributed by atoms with Crippen molar-refractivity contribution in [3.63, 3.8) is 0 Å². The van der Waals surface area contributed by atoms with Crippen molar-refractivity contribution in [3.8, 4) is 5.75 Å². The summed E-state index contributed by atoms with van der Waals surface area (Å²) in [5.74, 6) is -0.968. The van der Waals surface area contributed by atoms with Gasteiger partial charge in [-0.3, -0.25) is 14.4 Å². The van der Waals surface area contributed by atoms with E-state index in [2.05, 4.69) is 5.32 Å². The Balaban J connectivity index is 1.51. The van der Waals surface area contributed by atoms with Gasteiger partial charge in [-0.05, 0) is 61.7 Å². The van der Waals surface area contributed by atoms with Crippen molar-refractivity contribution in [2.75, 3.05) is 30.0 Å². The average Bonchev–Trinajstić information content (AvgIpc) is 3.15. The normalized spacial score (nSPS) is 15.6. The number of hydrogen-bond acceptors (Lipinski definition) is 5. The Morgan fingerprint density at radius 1 is 1.13 bits per heavy atom. The molecule has 31 heavy (non-hydrogen) atoms. The van der Waals surface area contributed by atoms with Crippen LogP contribution in [0.25, 0.3) is 0 Å². The van der Waals surface area contributed by atoms with Crippen LogP contribution >= 0.6 is 0 Å². The fourth-order valence-corrected chi connectivity index (χ4v) is 3.37. The van der Waals surface area contributed by atoms with Gasteiger partial charge in [0.2, 0.25) is 5.91 Å². The van der Waals surface area contributed by atoms with Gasteiger partial charge in [-0.25, -0.2) is 0 Å². The molecule has 0 saturated carbocycles. The predicted molar refractivity (Wildman–Crippen MR) is 118 cm³/mol. The number of hydrogen-bond donors (Lipinski definition) is 1. The maximum Gasteiger partial charge on any atom is 0.311 e. The number of nitrogens with zero attached hydrogens (tertiary/aromatic N) is 1. The van der Waals surface area contributed by atoms with Crippen molar-refractivity contribution < 1.29 is 23.9 Å². The molecule has 7 nitrogen and oxygen atoms in total. The Morgan fingerprint density at radius 2 is 1.87 bits per heavy atom. The molecule has 1 N–H and O–H groups in total. The molecule has 0 bridgehead atoms. The lowest BCUT2D eigenvalue weighted by atomic mass is 10.1. The highest BCUT2D eigenvalue weighted by molar-refractivity contribution is 6.00. The molecule has 2 aromatic carbocycles. The Kier molecular flexibility index (Phi) is 7.28. The van der Waals surface area contributed by atoms with E-state index in [1.807, 2.05) is 51.1 Å². The summed E-state index contributed by atoms with van der Waals surface area (Å²) in [6.07, 6.45) is 0.976. The molecule has 0 aromatic heterocycles. The second-order valence-corrected chi connectivity index (χ2v) is 7.72. The lowest BCUT2D eigenvalue weighted by molar-refractivity contribution is -0.151. The number of nitrogens with one attached hydrogen (secondary N) is 1. The topological polar surface area (TPSA) is 84.9 Å². The number of ether oxygens (including phenoxy) is 2. The third kappa shape index (κ3) is 5.84. The monoisotopic (exact) mass is 424 g/mol. The number of carbonyl (C=O) groups excluding carboxylic acids is 3. The van der Waals surface area contributed by atoms with Crippen LogP contribution < -0.4 is 15.0 Å². The molecule has 1 fully saturated rings. The van der Waals surface area contributed by atoms with Crippen LogP contribution in [0.4, 0.5) is 11.4 Å². The zero-order chi connectivity index (χ0) is 22.4. The summed E-state index contributed by atoms with van der Waals surface area (Å²) >= 11 is 0. The second kappa shape index (κ2) is 10.1. The lowest BCUT2D eigenvalue weighted by Crippen LogP contribution is -2.28. The van der Waals surface area contributed by atoms with Crippen molar-refractivity contribution in [1.29, 1.82) is 0 Å². The van der Waals surface area contributed by atoms with E-state index in [1.165, 1.54) is 0 Å². The Hall–Kier alpha value is -3.35. The number of aryl methyl sites for hydroxylation is 2. The molecular formula is C24H28N2O5. The van der Waals surface area contributed by atoms with E-state index in [4.69, 9.17) is 9.47 Å². The van der Waals surface area contributed by atoms with Gasteiger partial charge < -0.3 is 19.7 Å². The first-order valence-corrected chi connectivity index (χ1v) is 10.4. The van der Waals surface area contributed by atoms with Crippen LogP contribution in [0.3, 0.4) is 0 Å². The summed E-state index contributed by atoms with van der Waals surface area (Å²) in [5, 5.41) is 2.75. The quantitative estimate of drug-likeness (QED) is 0.654. The Morgan fingerprint density at radius 3 is 2.58 bits per heavy atom. The van der Waals surface area contributed by atoms with Crippen molar-refractivity contribution in [2.45, 2.75) is 33.6 Å². The molecule has 1 heterocycles. The highest BCUT2D eigenvalue weighted by Gasteiger charge is 2.36. The summed E-state index contributed by atoms with van der Waals surface area (Å²) < 4.78 is 10.7. The van der Waals surface area contributed by atoms with Crippen molar-refractivity contribution in [1.82, 2.24) is 0 Å². The zero-order valence-corrected chi connectivity index (χ0v) is 18.1. The van der Waals surface area contributed by atoms with E-state index in [0.29, 0.717) is 18.0 Å². The molecule has 2 amide bonds. The van der Waals surface area contributed by atoms with Crippen molar-refractivity contribution in [3.05, 3.63) is 53.6 Å². The Labute approximate surface area is 182 Å². The molecule has 1 atom stereocenters. The number of anilines is 2. The van der Waals surface area contributed by atoms with Gasteiger partial charge in [0, 0.05) is 24.3 Å². The largest absolute Gasteiger partial charge is 0.494 e. The van der Waals surface area contributed by atoms with Gasteiger partial charge >= 0.3 is 5.97 Å². The molecule has 3 rings (SSSR count). The van der Waals surface area contributed by atoms with Crippen LogP contribution in [0.2, 0.25) is 0 Å². The fraction of sp³-hybridized carbons (Fsp3) is 0.375. The van der Waals surface area contributed by atoms with Crippen LogP contribution in [0.1, 0.15) is 30.9 Å². The molecule has 0 aliphatic carbocycles. The highest BCUT2D eigenvalue weighted by atomic mass is 16.5. The summed E-state index contributed by atoms with van der Waals surface area (Å²) in [6, 6.07) is 12.9. The molecule has 164 valence electrons. The molecule has 1 aliphatic heterocycles. The van der Waals surface area contributed by atoms with E-state index in [1.54, 1.807) is 17.0 Å². The molecule has 0 unspecified atom stereocenters. The minimum Gasteiger partial charge on any atom is -0.494 e. The molecule has 1 aliphatic rings. The zero-order valence-electron chi connectivity index (χ0n) is 18.1. The van der Waals surface area contributed by atoms with E-state index in [0.717, 1.165) is 23.3 Å². The second-order valence-electron chi connectivity index (χ2n) is 7.72. The van der Waals surface area contributed by atoms with Gasteiger partial charge in [0.15, 0.2) is 6.61 Å². The maximum atomic E-state index is 12.4. The lowest BCUT2D eigenvalue weighted by Gasteiger charge is -2.17. The van der Waals surface area contributed by atoms with E-state index >= 15 is 0 Å². The van der Waals surface area contributed by atoms with Crippen LogP contribution in [-0.4, -0.2) is 37.5 Å². The Bertz CT molecular complexity index is 955. The summed E-state index contributed by atoms with van der Waals surface area (Å²) in [5.41, 5.74) is 3.34. The van der Waals surface area contributed by atoms with E-state index in [-0.39, 0.29) is 25.5 Å². The fourth-order valence-electron chi connectivity index (χ4n) is 3.37. The van der Waals surface area contributed by atoms with Gasteiger partial charge in [-0.15, -0.1) is 0 Å². The minimum atomic E-state index is -0.600. The van der Waals surface area contributed by atoms with Crippen LogP contribution in [0.15, 0.2) is 42.5 Å². The molecule has 1 saturated heterocycles. The smallest absolute Gasteiger partial charge is 0.311 e. The van der Waals surface area contributed by atoms with Crippen LogP contribution in [0.5, 0.6) is 5.75 Å². The maximum absolute atomic E-state index is 12.4. The number of amides is 2. The van der Waals surface area contributed by atoms with Crippen molar-refractivity contribution in [2.24, 2.45) is 5.92 Å². The van der Waals surface area contributed by atoms with Crippen molar-refractivity contribution >= 4 is 29.2 Å². The predicted octanol–water partition coefficient (Wildman–Crippen LogP) is 3.63. The first-order chi connectivity index (χ1) is 14.9. The molecule has 0 spiro atoms. The third-order valence-corrected chi connectivity index (χ3v) is 5.09. The first-order valence-electron chi connectivity index (χ1n) is 10.4. The average molecular weight is 424 g/mol. The van der Waals surface area contributed by atoms with Crippen LogP contribution in [-0.2, 0) is 19.1 Å². The van der Waals surface area contributed by atoms with Crippen LogP contribution in [0, 0.1) is 19.8 Å². The molecule has 7 heteroatoms. The van der Waals surface area contributed by atoms with Gasteiger partial charge in [0.25, 0.3) is 5.91 Å². The molecule has 0 radical (unpaired) electrons. The highest BCUT2D eigenvalue weighted by Crippen LogP contribution is 2.27. The SMILES string of the molecule is CCCOc1ccc(N2C[C@H](C(=O)OCC(=O)Nc3cc(C)ccc3C)CC2=O)cc1. The van der Waals surface area contributed by atoms with Gasteiger partial charge in [-0.2, -0.15) is 0 Å². The third-order valence-electron chi connectivity index (χ3n) is 5.09. The standard InChI is InChI=1S/C24H28N2O5/c1-4-11-30-20-9-7-19(8-10-20)26-14-18(13-23(26)28)24(29)31-15-22(27)25-21-12-16(2)5-6-17(21)3/h5-10,12,18H,4,11,13-15H2,1-3H3,(H,25,27)/t18-/m1/s1. The number of rotatable bonds is 8. The molecular weight excluding hydrogens is 396 g/mol. The van der Waals surface area contributed by atoms with E-state index in [9.17, 15) is 14.4 Å².